The van der Waals surface area contributed by atoms with Gasteiger partial charge in [-0.3, -0.25) is 4.79 Å². The number of amides is 1. The van der Waals surface area contributed by atoms with E-state index in [2.05, 4.69) is 17.6 Å². The standard InChI is InChI=1S/C14H26N2O2/c1-11(12-5-3-2-4-6-12)16-14(17)9-13-10-18-8-7-15-13/h11-13,15H,2-10H2,1H3,(H,16,17)/t11-,13?/m0/s1. The predicted octanol–water partition coefficient (Wildman–Crippen LogP) is 1.45. The van der Waals surface area contributed by atoms with Crippen LogP contribution in [0.5, 0.6) is 0 Å². The maximum Gasteiger partial charge on any atom is 0.221 e. The number of hydrogen-bond acceptors (Lipinski definition) is 3. The molecule has 0 aromatic rings. The Hall–Kier alpha value is -0.610. The van der Waals surface area contributed by atoms with Gasteiger partial charge in [0, 0.05) is 25.0 Å². The minimum absolute atomic E-state index is 0.163. The first kappa shape index (κ1) is 13.8. The van der Waals surface area contributed by atoms with Gasteiger partial charge in [-0.2, -0.15) is 0 Å². The van der Waals surface area contributed by atoms with Crippen LogP contribution in [0.1, 0.15) is 45.4 Å². The predicted molar refractivity (Wildman–Crippen MR) is 71.4 cm³/mol. The highest BCUT2D eigenvalue weighted by Crippen LogP contribution is 2.26. The van der Waals surface area contributed by atoms with Crippen LogP contribution in [-0.2, 0) is 9.53 Å². The van der Waals surface area contributed by atoms with Gasteiger partial charge in [0.25, 0.3) is 0 Å². The molecule has 2 fully saturated rings. The summed E-state index contributed by atoms with van der Waals surface area (Å²) in [5.74, 6) is 0.842. The van der Waals surface area contributed by atoms with Crippen LogP contribution in [-0.4, -0.2) is 37.7 Å². The molecular formula is C14H26N2O2. The molecule has 1 aliphatic heterocycles. The average molecular weight is 254 g/mol. The summed E-state index contributed by atoms with van der Waals surface area (Å²) < 4.78 is 5.36. The zero-order valence-corrected chi connectivity index (χ0v) is 11.4. The van der Waals surface area contributed by atoms with E-state index in [4.69, 9.17) is 4.74 Å². The topological polar surface area (TPSA) is 50.4 Å². The third-order valence-electron chi connectivity index (χ3n) is 4.18. The summed E-state index contributed by atoms with van der Waals surface area (Å²) in [5.41, 5.74) is 0. The second-order valence-electron chi connectivity index (χ2n) is 5.68. The molecule has 2 atom stereocenters. The lowest BCUT2D eigenvalue weighted by Gasteiger charge is -2.29. The van der Waals surface area contributed by atoms with Crippen molar-refractivity contribution < 1.29 is 9.53 Å². The SMILES string of the molecule is C[C@H](NC(=O)CC1COCCN1)C1CCCCC1. The minimum Gasteiger partial charge on any atom is -0.378 e. The van der Waals surface area contributed by atoms with Crippen LogP contribution >= 0.6 is 0 Å². The highest BCUT2D eigenvalue weighted by Gasteiger charge is 2.23. The molecule has 0 radical (unpaired) electrons. The first-order valence-corrected chi connectivity index (χ1v) is 7.36. The molecule has 4 heteroatoms. The molecule has 1 saturated heterocycles. The number of rotatable bonds is 4. The summed E-state index contributed by atoms with van der Waals surface area (Å²) >= 11 is 0. The Kier molecular flexibility index (Phi) is 5.45. The van der Waals surface area contributed by atoms with Crippen molar-refractivity contribution in [2.75, 3.05) is 19.8 Å². The lowest BCUT2D eigenvalue weighted by molar-refractivity contribution is -0.123. The molecule has 2 aliphatic rings. The van der Waals surface area contributed by atoms with E-state index in [1.807, 2.05) is 0 Å². The summed E-state index contributed by atoms with van der Waals surface area (Å²) in [4.78, 5) is 12.0. The molecule has 2 rings (SSSR count). The van der Waals surface area contributed by atoms with Gasteiger partial charge in [-0.15, -0.1) is 0 Å². The fourth-order valence-electron chi connectivity index (χ4n) is 3.04. The van der Waals surface area contributed by atoms with Gasteiger partial charge < -0.3 is 15.4 Å². The molecule has 1 unspecified atom stereocenters. The normalized spacial score (nSPS) is 27.7. The van der Waals surface area contributed by atoms with Crippen molar-refractivity contribution in [2.45, 2.75) is 57.5 Å². The van der Waals surface area contributed by atoms with E-state index < -0.39 is 0 Å². The number of morpholine rings is 1. The lowest BCUT2D eigenvalue weighted by atomic mass is 9.84. The van der Waals surface area contributed by atoms with Gasteiger partial charge in [0.1, 0.15) is 0 Å². The Morgan fingerprint density at radius 2 is 2.17 bits per heavy atom. The fourth-order valence-corrected chi connectivity index (χ4v) is 3.04. The Morgan fingerprint density at radius 1 is 1.39 bits per heavy atom. The summed E-state index contributed by atoms with van der Waals surface area (Å²) in [7, 11) is 0. The second kappa shape index (κ2) is 7.10. The maximum atomic E-state index is 12.0. The summed E-state index contributed by atoms with van der Waals surface area (Å²) in [5, 5.41) is 6.48. The lowest BCUT2D eigenvalue weighted by Crippen LogP contribution is -2.46. The Morgan fingerprint density at radius 3 is 2.83 bits per heavy atom. The summed E-state index contributed by atoms with van der Waals surface area (Å²) in [6.07, 6.45) is 7.09. The zero-order valence-electron chi connectivity index (χ0n) is 11.4. The molecule has 0 aromatic heterocycles. The molecule has 18 heavy (non-hydrogen) atoms. The van der Waals surface area contributed by atoms with Crippen LogP contribution in [0, 0.1) is 5.92 Å². The molecule has 1 heterocycles. The Bertz CT molecular complexity index is 259. The van der Waals surface area contributed by atoms with Gasteiger partial charge in [0.05, 0.1) is 13.2 Å². The first-order valence-electron chi connectivity index (χ1n) is 7.36. The van der Waals surface area contributed by atoms with Crippen LogP contribution in [0.2, 0.25) is 0 Å². The van der Waals surface area contributed by atoms with Crippen LogP contribution in [0.3, 0.4) is 0 Å². The van der Waals surface area contributed by atoms with Crippen molar-refractivity contribution >= 4 is 5.91 Å². The molecule has 0 spiro atoms. The van der Waals surface area contributed by atoms with Crippen molar-refractivity contribution in [3.05, 3.63) is 0 Å². The minimum atomic E-state index is 0.163. The highest BCUT2D eigenvalue weighted by atomic mass is 16.5. The number of hydrogen-bond donors (Lipinski definition) is 2. The third-order valence-corrected chi connectivity index (χ3v) is 4.18. The van der Waals surface area contributed by atoms with Crippen molar-refractivity contribution in [1.29, 1.82) is 0 Å². The van der Waals surface area contributed by atoms with Gasteiger partial charge in [-0.25, -0.2) is 0 Å². The maximum absolute atomic E-state index is 12.0. The van der Waals surface area contributed by atoms with Gasteiger partial charge in [0.15, 0.2) is 0 Å². The largest absolute Gasteiger partial charge is 0.378 e. The Labute approximate surface area is 110 Å². The van der Waals surface area contributed by atoms with Crippen molar-refractivity contribution in [3.8, 4) is 0 Å². The van der Waals surface area contributed by atoms with E-state index in [0.29, 0.717) is 25.0 Å². The molecule has 1 amide bonds. The molecule has 0 aromatic carbocycles. The van der Waals surface area contributed by atoms with E-state index >= 15 is 0 Å². The molecule has 2 N–H and O–H groups in total. The van der Waals surface area contributed by atoms with E-state index in [1.165, 1.54) is 32.1 Å². The average Bonchev–Trinajstić information content (AvgIpc) is 2.40. The van der Waals surface area contributed by atoms with Gasteiger partial charge in [0.2, 0.25) is 5.91 Å². The third kappa shape index (κ3) is 4.25. The van der Waals surface area contributed by atoms with Crippen molar-refractivity contribution in [2.24, 2.45) is 5.92 Å². The first-order chi connectivity index (χ1) is 8.75. The summed E-state index contributed by atoms with van der Waals surface area (Å²) in [6, 6.07) is 0.514. The van der Waals surface area contributed by atoms with Crippen molar-refractivity contribution in [3.63, 3.8) is 0 Å². The molecule has 4 nitrogen and oxygen atoms in total. The van der Waals surface area contributed by atoms with Crippen LogP contribution < -0.4 is 10.6 Å². The van der Waals surface area contributed by atoms with Gasteiger partial charge in [-0.05, 0) is 25.7 Å². The van der Waals surface area contributed by atoms with Gasteiger partial charge in [-0.1, -0.05) is 19.3 Å². The molecule has 104 valence electrons. The number of ether oxygens (including phenoxy) is 1. The number of carbonyl (C=O) groups excluding carboxylic acids is 1. The molecule has 0 bridgehead atoms. The Balaban J connectivity index is 1.68. The van der Waals surface area contributed by atoms with Gasteiger partial charge >= 0.3 is 0 Å². The number of nitrogens with one attached hydrogen (secondary N) is 2. The zero-order chi connectivity index (χ0) is 12.8. The van der Waals surface area contributed by atoms with E-state index in [9.17, 15) is 4.79 Å². The van der Waals surface area contributed by atoms with Crippen LogP contribution in [0.4, 0.5) is 0 Å². The van der Waals surface area contributed by atoms with E-state index in [-0.39, 0.29) is 11.9 Å². The summed E-state index contributed by atoms with van der Waals surface area (Å²) in [6.45, 7) is 4.43. The quantitative estimate of drug-likeness (QED) is 0.798. The smallest absolute Gasteiger partial charge is 0.221 e. The number of carbonyl (C=O) groups is 1. The van der Waals surface area contributed by atoms with Crippen LogP contribution in [0.25, 0.3) is 0 Å². The van der Waals surface area contributed by atoms with Crippen LogP contribution in [0.15, 0.2) is 0 Å². The van der Waals surface area contributed by atoms with E-state index in [0.717, 1.165) is 13.2 Å². The molecule has 1 aliphatic carbocycles. The van der Waals surface area contributed by atoms with Crippen molar-refractivity contribution in [1.82, 2.24) is 10.6 Å². The molecular weight excluding hydrogens is 228 g/mol. The highest BCUT2D eigenvalue weighted by molar-refractivity contribution is 5.76. The monoisotopic (exact) mass is 254 g/mol. The van der Waals surface area contributed by atoms with E-state index in [1.54, 1.807) is 0 Å². The fraction of sp³-hybridized carbons (Fsp3) is 0.929. The molecule has 1 saturated carbocycles. The second-order valence-corrected chi connectivity index (χ2v) is 5.68.